The number of hydrogen-bond donors (Lipinski definition) is 1. The first-order valence-electron chi connectivity index (χ1n) is 10.5. The molecule has 0 radical (unpaired) electrons. The minimum absolute atomic E-state index is 0.106. The van der Waals surface area contributed by atoms with Crippen LogP contribution in [0.5, 0.6) is 5.75 Å². The normalized spacial score (nSPS) is 25.2. The molecule has 3 rings (SSSR count). The molecule has 0 unspecified atom stereocenters. The molecule has 0 spiro atoms. The molecule has 0 saturated carbocycles. The van der Waals surface area contributed by atoms with Crippen molar-refractivity contribution in [1.82, 2.24) is 0 Å². The smallest absolute Gasteiger partial charge is 0.179 e. The molecule has 30 heavy (non-hydrogen) atoms. The summed E-state index contributed by atoms with van der Waals surface area (Å²) in [4.78, 5) is 11.7. The van der Waals surface area contributed by atoms with Crippen LogP contribution >= 0.6 is 0 Å². The van der Waals surface area contributed by atoms with Crippen molar-refractivity contribution in [3.63, 3.8) is 0 Å². The monoisotopic (exact) mass is 430 g/mol. The molecule has 1 aliphatic rings. The fraction of sp³-hybridized carbons (Fsp3) is 0.458. The van der Waals surface area contributed by atoms with Crippen LogP contribution in [0.2, 0.25) is 0 Å². The van der Waals surface area contributed by atoms with Crippen LogP contribution in [0.15, 0.2) is 47.4 Å². The molecule has 1 N–H and O–H groups in total. The first-order valence-corrected chi connectivity index (χ1v) is 12.1. The van der Waals surface area contributed by atoms with Gasteiger partial charge in [-0.25, -0.2) is 8.42 Å². The maximum Gasteiger partial charge on any atom is 0.179 e. The van der Waals surface area contributed by atoms with E-state index in [0.29, 0.717) is 36.0 Å². The van der Waals surface area contributed by atoms with Gasteiger partial charge in [0.1, 0.15) is 12.0 Å². The first-order chi connectivity index (χ1) is 14.3. The molecule has 2 aromatic rings. The molecule has 6 heteroatoms. The van der Waals surface area contributed by atoms with E-state index in [1.807, 2.05) is 31.2 Å². The third kappa shape index (κ3) is 4.03. The minimum atomic E-state index is -3.65. The fourth-order valence-electron chi connectivity index (χ4n) is 4.67. The van der Waals surface area contributed by atoms with Gasteiger partial charge in [0.05, 0.1) is 23.9 Å². The fourth-order valence-corrected chi connectivity index (χ4v) is 6.92. The van der Waals surface area contributed by atoms with Crippen LogP contribution in [0.1, 0.15) is 66.9 Å². The van der Waals surface area contributed by atoms with Gasteiger partial charge in [0.25, 0.3) is 0 Å². The number of rotatable bonds is 7. The molecule has 0 aliphatic carbocycles. The SMILES string of the molecule is CCCC[C@]1(CC)CS(=O)(=O)c2ccc(C=O)cc2[C@H](c2cccc(OC)c2)[C@@H]1O. The van der Waals surface area contributed by atoms with E-state index in [1.165, 1.54) is 12.1 Å². The van der Waals surface area contributed by atoms with Crippen LogP contribution < -0.4 is 4.74 Å². The predicted octanol–water partition coefficient (Wildman–Crippen LogP) is 4.37. The number of hydrogen-bond acceptors (Lipinski definition) is 5. The molecule has 0 saturated heterocycles. The largest absolute Gasteiger partial charge is 0.497 e. The number of carbonyl (C=O) groups is 1. The van der Waals surface area contributed by atoms with E-state index in [1.54, 1.807) is 13.2 Å². The molecule has 0 bridgehead atoms. The van der Waals surface area contributed by atoms with Gasteiger partial charge < -0.3 is 9.84 Å². The van der Waals surface area contributed by atoms with E-state index in [0.717, 1.165) is 18.4 Å². The maximum absolute atomic E-state index is 13.5. The van der Waals surface area contributed by atoms with Crippen molar-refractivity contribution in [2.45, 2.75) is 56.4 Å². The summed E-state index contributed by atoms with van der Waals surface area (Å²) < 4.78 is 32.3. The van der Waals surface area contributed by atoms with E-state index in [9.17, 15) is 18.3 Å². The van der Waals surface area contributed by atoms with Crippen molar-refractivity contribution in [2.24, 2.45) is 5.41 Å². The Labute approximate surface area is 179 Å². The van der Waals surface area contributed by atoms with Crippen LogP contribution in [-0.2, 0) is 9.84 Å². The summed E-state index contributed by atoms with van der Waals surface area (Å²) in [7, 11) is -2.08. The van der Waals surface area contributed by atoms with Crippen molar-refractivity contribution in [2.75, 3.05) is 12.9 Å². The lowest BCUT2D eigenvalue weighted by Crippen LogP contribution is -2.42. The van der Waals surface area contributed by atoms with Gasteiger partial charge >= 0.3 is 0 Å². The van der Waals surface area contributed by atoms with Crippen LogP contribution in [0.25, 0.3) is 0 Å². The molecular weight excluding hydrogens is 400 g/mol. The summed E-state index contributed by atoms with van der Waals surface area (Å²) in [5.41, 5.74) is 0.870. The van der Waals surface area contributed by atoms with Crippen LogP contribution in [0.4, 0.5) is 0 Å². The number of ether oxygens (including phenoxy) is 1. The summed E-state index contributed by atoms with van der Waals surface area (Å²) in [6, 6.07) is 12.0. The zero-order chi connectivity index (χ0) is 21.9. The standard InChI is InChI=1S/C24H30O5S/c1-4-6-12-24(5-2)16-30(27,28)21-11-10-17(15-25)13-20(21)22(23(24)26)18-8-7-9-19(14-18)29-3/h7-11,13-15,22-23,26H,4-6,12,16H2,1-3H3/t22-,23-,24+/m0/s1. The highest BCUT2D eigenvalue weighted by atomic mass is 32.2. The minimum Gasteiger partial charge on any atom is -0.497 e. The molecule has 5 nitrogen and oxygen atoms in total. The Hall–Kier alpha value is -2.18. The lowest BCUT2D eigenvalue weighted by molar-refractivity contribution is 0.0173. The van der Waals surface area contributed by atoms with Crippen LogP contribution in [0, 0.1) is 5.41 Å². The molecule has 1 heterocycles. The third-order valence-corrected chi connectivity index (χ3v) is 8.44. The summed E-state index contributed by atoms with van der Waals surface area (Å²) in [6.45, 7) is 4.01. The summed E-state index contributed by atoms with van der Waals surface area (Å²) >= 11 is 0. The lowest BCUT2D eigenvalue weighted by Gasteiger charge is -2.39. The van der Waals surface area contributed by atoms with Crippen molar-refractivity contribution < 1.29 is 23.1 Å². The van der Waals surface area contributed by atoms with Gasteiger partial charge in [0, 0.05) is 16.9 Å². The van der Waals surface area contributed by atoms with Crippen molar-refractivity contribution in [1.29, 1.82) is 0 Å². The van der Waals surface area contributed by atoms with Gasteiger partial charge in [-0.2, -0.15) is 0 Å². The Morgan fingerprint density at radius 3 is 2.60 bits per heavy atom. The average molecular weight is 431 g/mol. The maximum atomic E-state index is 13.5. The van der Waals surface area contributed by atoms with Crippen molar-refractivity contribution >= 4 is 16.1 Å². The number of benzene rings is 2. The zero-order valence-corrected chi connectivity index (χ0v) is 18.6. The van der Waals surface area contributed by atoms with E-state index in [2.05, 4.69) is 6.92 Å². The van der Waals surface area contributed by atoms with Gasteiger partial charge in [-0.1, -0.05) is 44.9 Å². The second-order valence-electron chi connectivity index (χ2n) is 8.19. The molecule has 162 valence electrons. The number of aliphatic hydroxyl groups excluding tert-OH is 1. The Morgan fingerprint density at radius 1 is 1.20 bits per heavy atom. The molecule has 0 amide bonds. The van der Waals surface area contributed by atoms with E-state index in [-0.39, 0.29) is 10.6 Å². The molecule has 2 aromatic carbocycles. The number of carbonyl (C=O) groups excluding carboxylic acids is 1. The summed E-state index contributed by atoms with van der Waals surface area (Å²) in [6.07, 6.45) is 2.70. The number of fused-ring (bicyclic) bond motifs is 1. The predicted molar refractivity (Wildman–Crippen MR) is 117 cm³/mol. The van der Waals surface area contributed by atoms with Gasteiger partial charge in [0.2, 0.25) is 0 Å². The molecule has 0 aromatic heterocycles. The molecule has 3 atom stereocenters. The molecular formula is C24H30O5S. The second-order valence-corrected chi connectivity index (χ2v) is 10.2. The lowest BCUT2D eigenvalue weighted by atomic mass is 9.69. The highest BCUT2D eigenvalue weighted by molar-refractivity contribution is 7.91. The molecule has 1 aliphatic heterocycles. The number of aldehydes is 1. The van der Waals surface area contributed by atoms with Gasteiger partial charge in [-0.15, -0.1) is 0 Å². The van der Waals surface area contributed by atoms with Crippen LogP contribution in [0.3, 0.4) is 0 Å². The summed E-state index contributed by atoms with van der Waals surface area (Å²) in [5, 5.41) is 11.8. The number of sulfone groups is 1. The number of unbranched alkanes of at least 4 members (excludes halogenated alkanes) is 1. The Balaban J connectivity index is 2.32. The quantitative estimate of drug-likeness (QED) is 0.660. The average Bonchev–Trinajstić information content (AvgIpc) is 2.83. The number of methoxy groups -OCH3 is 1. The second kappa shape index (κ2) is 8.90. The Kier molecular flexibility index (Phi) is 6.68. The van der Waals surface area contributed by atoms with E-state index >= 15 is 0 Å². The highest BCUT2D eigenvalue weighted by Crippen LogP contribution is 2.49. The van der Waals surface area contributed by atoms with Crippen molar-refractivity contribution in [3.8, 4) is 5.75 Å². The number of aliphatic hydroxyl groups is 1. The van der Waals surface area contributed by atoms with E-state index in [4.69, 9.17) is 4.74 Å². The first kappa shape index (κ1) is 22.5. The third-order valence-electron chi connectivity index (χ3n) is 6.45. The molecule has 0 fully saturated rings. The van der Waals surface area contributed by atoms with E-state index < -0.39 is 27.3 Å². The van der Waals surface area contributed by atoms with Crippen molar-refractivity contribution in [3.05, 3.63) is 59.2 Å². The van der Waals surface area contributed by atoms with Gasteiger partial charge in [-0.3, -0.25) is 4.79 Å². The Morgan fingerprint density at radius 2 is 1.97 bits per heavy atom. The summed E-state index contributed by atoms with van der Waals surface area (Å²) in [5.74, 6) is -0.0504. The topological polar surface area (TPSA) is 80.7 Å². The highest BCUT2D eigenvalue weighted by Gasteiger charge is 2.48. The van der Waals surface area contributed by atoms with Crippen LogP contribution in [-0.4, -0.2) is 38.8 Å². The van der Waals surface area contributed by atoms with Gasteiger partial charge in [0.15, 0.2) is 9.84 Å². The zero-order valence-electron chi connectivity index (χ0n) is 17.8. The Bertz CT molecular complexity index is 1010. The van der Waals surface area contributed by atoms with Gasteiger partial charge in [-0.05, 0) is 48.2 Å².